The van der Waals surface area contributed by atoms with Crippen LogP contribution >= 0.6 is 0 Å². The van der Waals surface area contributed by atoms with Gasteiger partial charge in [-0.25, -0.2) is 10.8 Å². The highest BCUT2D eigenvalue weighted by atomic mass is 19.4. The highest BCUT2D eigenvalue weighted by Crippen LogP contribution is 2.30. The van der Waals surface area contributed by atoms with Gasteiger partial charge in [-0.15, -0.1) is 0 Å². The molecule has 0 saturated carbocycles. The SMILES string of the molecule is CCN(CC(=O)N(C)C)c1cc(C(F)(F)F)nc(NN)n1. The van der Waals surface area contributed by atoms with Crippen molar-refractivity contribution in [2.45, 2.75) is 13.1 Å². The van der Waals surface area contributed by atoms with E-state index < -0.39 is 11.9 Å². The molecule has 0 radical (unpaired) electrons. The molecule has 0 unspecified atom stereocenters. The summed E-state index contributed by atoms with van der Waals surface area (Å²) in [5.41, 5.74) is 0.862. The predicted molar refractivity (Wildman–Crippen MR) is 71.4 cm³/mol. The van der Waals surface area contributed by atoms with Crippen LogP contribution in [-0.2, 0) is 11.0 Å². The van der Waals surface area contributed by atoms with E-state index in [2.05, 4.69) is 9.97 Å². The van der Waals surface area contributed by atoms with Gasteiger partial charge < -0.3 is 9.80 Å². The molecule has 0 saturated heterocycles. The Balaban J connectivity index is 3.17. The zero-order valence-electron chi connectivity index (χ0n) is 11.9. The van der Waals surface area contributed by atoms with Crippen LogP contribution < -0.4 is 16.2 Å². The molecule has 0 spiro atoms. The quantitative estimate of drug-likeness (QED) is 0.615. The highest BCUT2D eigenvalue weighted by Gasteiger charge is 2.34. The molecule has 7 nitrogen and oxygen atoms in total. The number of halogens is 3. The first kappa shape index (κ1) is 17.0. The van der Waals surface area contributed by atoms with Gasteiger partial charge in [0.25, 0.3) is 0 Å². The van der Waals surface area contributed by atoms with Gasteiger partial charge in [0.05, 0.1) is 6.54 Å². The van der Waals surface area contributed by atoms with Crippen molar-refractivity contribution < 1.29 is 18.0 Å². The van der Waals surface area contributed by atoms with Gasteiger partial charge in [0.2, 0.25) is 11.9 Å². The number of nitrogens with zero attached hydrogens (tertiary/aromatic N) is 4. The first-order valence-corrected chi connectivity index (χ1v) is 6.07. The van der Waals surface area contributed by atoms with Crippen molar-refractivity contribution in [3.8, 4) is 0 Å². The highest BCUT2D eigenvalue weighted by molar-refractivity contribution is 5.80. The van der Waals surface area contributed by atoms with Gasteiger partial charge in [-0.1, -0.05) is 0 Å². The molecule has 0 atom stereocenters. The standard InChI is InChI=1S/C11H17F3N6O/c1-4-20(6-9(21)19(2)3)8-5-7(11(12,13)14)16-10(17-8)18-15/h5H,4,6,15H2,1-3H3,(H,16,17,18). The van der Waals surface area contributed by atoms with Crippen LogP contribution in [0.25, 0.3) is 0 Å². The molecule has 1 rings (SSSR count). The fourth-order valence-electron chi connectivity index (χ4n) is 1.47. The summed E-state index contributed by atoms with van der Waals surface area (Å²) >= 11 is 0. The van der Waals surface area contributed by atoms with Gasteiger partial charge in [-0.05, 0) is 6.92 Å². The van der Waals surface area contributed by atoms with E-state index in [1.54, 1.807) is 21.0 Å². The maximum Gasteiger partial charge on any atom is 0.433 e. The zero-order chi connectivity index (χ0) is 16.2. The van der Waals surface area contributed by atoms with Gasteiger partial charge >= 0.3 is 6.18 Å². The van der Waals surface area contributed by atoms with E-state index in [0.29, 0.717) is 6.54 Å². The van der Waals surface area contributed by atoms with Crippen LogP contribution in [0.3, 0.4) is 0 Å². The Bertz CT molecular complexity index is 505. The molecular formula is C11H17F3N6O. The largest absolute Gasteiger partial charge is 0.433 e. The molecule has 0 aliphatic heterocycles. The molecule has 118 valence electrons. The third-order valence-corrected chi connectivity index (χ3v) is 2.66. The molecule has 21 heavy (non-hydrogen) atoms. The molecule has 0 aliphatic rings. The summed E-state index contributed by atoms with van der Waals surface area (Å²) in [6.07, 6.45) is -4.63. The lowest BCUT2D eigenvalue weighted by Crippen LogP contribution is -2.37. The number of aromatic nitrogens is 2. The minimum Gasteiger partial charge on any atom is -0.347 e. The number of amides is 1. The maximum absolute atomic E-state index is 12.8. The zero-order valence-corrected chi connectivity index (χ0v) is 11.9. The normalized spacial score (nSPS) is 11.2. The number of nitrogens with two attached hydrogens (primary N) is 1. The Kier molecular flexibility index (Phi) is 5.30. The average Bonchev–Trinajstić information content (AvgIpc) is 2.42. The molecule has 1 aromatic heterocycles. The smallest absolute Gasteiger partial charge is 0.347 e. The van der Waals surface area contributed by atoms with Crippen LogP contribution in [0, 0.1) is 0 Å². The summed E-state index contributed by atoms with van der Waals surface area (Å²) < 4.78 is 38.4. The minimum absolute atomic E-state index is 0.0250. The molecule has 0 fully saturated rings. The number of alkyl halides is 3. The predicted octanol–water partition coefficient (Wildman–Crippen LogP) is 0.695. The van der Waals surface area contributed by atoms with Crippen molar-refractivity contribution in [1.29, 1.82) is 0 Å². The number of hydrogen-bond acceptors (Lipinski definition) is 6. The van der Waals surface area contributed by atoms with Gasteiger partial charge in [0.15, 0.2) is 5.69 Å². The van der Waals surface area contributed by atoms with Crippen LogP contribution in [0.1, 0.15) is 12.6 Å². The average molecular weight is 306 g/mol. The van der Waals surface area contributed by atoms with Crippen molar-refractivity contribution >= 4 is 17.7 Å². The molecule has 0 aromatic carbocycles. The lowest BCUT2D eigenvalue weighted by atomic mass is 10.3. The Morgan fingerprint density at radius 2 is 2.00 bits per heavy atom. The second-order valence-corrected chi connectivity index (χ2v) is 4.38. The van der Waals surface area contributed by atoms with Crippen LogP contribution in [0.2, 0.25) is 0 Å². The number of nitrogens with one attached hydrogen (secondary N) is 1. The number of rotatable bonds is 5. The molecule has 0 bridgehead atoms. The molecule has 1 aromatic rings. The van der Waals surface area contributed by atoms with Crippen molar-refractivity contribution in [2.75, 3.05) is 37.5 Å². The number of anilines is 2. The fraction of sp³-hybridized carbons (Fsp3) is 0.545. The molecule has 3 N–H and O–H groups in total. The fourth-order valence-corrected chi connectivity index (χ4v) is 1.47. The lowest BCUT2D eigenvalue weighted by Gasteiger charge is -2.24. The van der Waals surface area contributed by atoms with E-state index in [1.165, 1.54) is 9.80 Å². The Morgan fingerprint density at radius 1 is 1.38 bits per heavy atom. The molecule has 10 heteroatoms. The summed E-state index contributed by atoms with van der Waals surface area (Å²) in [4.78, 5) is 21.6. The van der Waals surface area contributed by atoms with E-state index in [0.717, 1.165) is 6.07 Å². The summed E-state index contributed by atoms with van der Waals surface area (Å²) in [5, 5.41) is 0. The number of hydrazine groups is 1. The first-order valence-electron chi connectivity index (χ1n) is 6.07. The van der Waals surface area contributed by atoms with Crippen LogP contribution in [-0.4, -0.2) is 48.0 Å². The van der Waals surface area contributed by atoms with Gasteiger partial charge in [-0.2, -0.15) is 18.2 Å². The summed E-state index contributed by atoms with van der Waals surface area (Å²) in [6.45, 7) is 1.91. The lowest BCUT2D eigenvalue weighted by molar-refractivity contribution is -0.141. The number of carbonyl (C=O) groups excluding carboxylic acids is 1. The Hall–Kier alpha value is -2.10. The Labute approximate surface area is 119 Å². The monoisotopic (exact) mass is 306 g/mol. The second kappa shape index (κ2) is 6.57. The molecule has 1 amide bonds. The summed E-state index contributed by atoms with van der Waals surface area (Å²) in [7, 11) is 3.12. The van der Waals surface area contributed by atoms with Crippen molar-refractivity contribution in [3.05, 3.63) is 11.8 Å². The van der Waals surface area contributed by atoms with E-state index in [-0.39, 0.29) is 24.2 Å². The third-order valence-electron chi connectivity index (χ3n) is 2.66. The van der Waals surface area contributed by atoms with E-state index in [9.17, 15) is 18.0 Å². The van der Waals surface area contributed by atoms with Gasteiger partial charge in [0.1, 0.15) is 5.82 Å². The molecule has 1 heterocycles. The number of nitrogen functional groups attached to an aromatic ring is 1. The summed E-state index contributed by atoms with van der Waals surface area (Å²) in [6, 6.07) is 0.785. The van der Waals surface area contributed by atoms with Crippen LogP contribution in [0.5, 0.6) is 0 Å². The van der Waals surface area contributed by atoms with Crippen LogP contribution in [0.15, 0.2) is 6.07 Å². The molecule has 0 aliphatic carbocycles. The number of carbonyl (C=O) groups is 1. The Morgan fingerprint density at radius 3 is 2.43 bits per heavy atom. The number of hydrogen-bond donors (Lipinski definition) is 2. The maximum atomic E-state index is 12.8. The van der Waals surface area contributed by atoms with Gasteiger partial charge in [0, 0.05) is 26.7 Å². The summed E-state index contributed by atoms with van der Waals surface area (Å²) in [5.74, 6) is 4.44. The van der Waals surface area contributed by atoms with E-state index >= 15 is 0 Å². The van der Waals surface area contributed by atoms with Crippen LogP contribution in [0.4, 0.5) is 24.9 Å². The minimum atomic E-state index is -4.63. The second-order valence-electron chi connectivity index (χ2n) is 4.38. The van der Waals surface area contributed by atoms with E-state index in [4.69, 9.17) is 5.84 Å². The topological polar surface area (TPSA) is 87.4 Å². The first-order chi connectivity index (χ1) is 9.68. The van der Waals surface area contributed by atoms with Crippen molar-refractivity contribution in [2.24, 2.45) is 5.84 Å². The van der Waals surface area contributed by atoms with E-state index in [1.807, 2.05) is 5.43 Å². The van der Waals surface area contributed by atoms with Crippen molar-refractivity contribution in [3.63, 3.8) is 0 Å². The van der Waals surface area contributed by atoms with Gasteiger partial charge in [-0.3, -0.25) is 10.2 Å². The third kappa shape index (κ3) is 4.45. The number of likely N-dealkylation sites (N-methyl/N-ethyl adjacent to an activating group) is 2. The molecular weight excluding hydrogens is 289 g/mol. The van der Waals surface area contributed by atoms with Crippen molar-refractivity contribution in [1.82, 2.24) is 14.9 Å².